The molecule has 0 atom stereocenters. The lowest BCUT2D eigenvalue weighted by molar-refractivity contribution is -0.127. The number of benzene rings is 2. The van der Waals surface area contributed by atoms with Crippen LogP contribution in [-0.2, 0) is 18.4 Å². The summed E-state index contributed by atoms with van der Waals surface area (Å²) in [5, 5.41) is 0.784. The van der Waals surface area contributed by atoms with E-state index in [-0.39, 0.29) is 17.4 Å². The Kier molecular flexibility index (Phi) is 5.95. The van der Waals surface area contributed by atoms with E-state index in [0.717, 1.165) is 21.8 Å². The lowest BCUT2D eigenvalue weighted by Crippen LogP contribution is -2.27. The largest absolute Gasteiger partial charge is 0.435 e. The molecule has 0 aliphatic heterocycles. The van der Waals surface area contributed by atoms with Crippen molar-refractivity contribution in [1.82, 2.24) is 14.5 Å². The molecule has 0 aliphatic carbocycles. The molecule has 5 nitrogen and oxygen atoms in total. The fourth-order valence-corrected chi connectivity index (χ4v) is 3.56. The number of ether oxygens (including phenoxy) is 1. The van der Waals surface area contributed by atoms with E-state index in [1.807, 2.05) is 35.9 Å². The van der Waals surface area contributed by atoms with Crippen molar-refractivity contribution < 1.29 is 18.3 Å². The van der Waals surface area contributed by atoms with Gasteiger partial charge in [-0.1, -0.05) is 36.0 Å². The number of carbonyl (C=O) groups is 1. The minimum absolute atomic E-state index is 0.0417. The van der Waals surface area contributed by atoms with E-state index in [1.54, 1.807) is 24.1 Å². The molecule has 0 spiro atoms. The summed E-state index contributed by atoms with van der Waals surface area (Å²) in [6, 6.07) is 14.1. The maximum atomic E-state index is 12.4. The summed E-state index contributed by atoms with van der Waals surface area (Å²) in [5.41, 5.74) is 2.75. The molecule has 0 N–H and O–H groups in total. The molecule has 0 radical (unpaired) electrons. The lowest BCUT2D eigenvalue weighted by Gasteiger charge is -2.17. The predicted octanol–water partition coefficient (Wildman–Crippen LogP) is 3.93. The summed E-state index contributed by atoms with van der Waals surface area (Å²) in [6.45, 7) is -2.46. The van der Waals surface area contributed by atoms with Gasteiger partial charge in [-0.25, -0.2) is 4.98 Å². The third-order valence-corrected chi connectivity index (χ3v) is 5.08. The minimum Gasteiger partial charge on any atom is -0.435 e. The van der Waals surface area contributed by atoms with Crippen LogP contribution in [0.2, 0.25) is 0 Å². The third kappa shape index (κ3) is 4.77. The van der Waals surface area contributed by atoms with Gasteiger partial charge in [0.25, 0.3) is 0 Å². The Morgan fingerprint density at radius 3 is 2.59 bits per heavy atom. The number of alkyl halides is 2. The number of rotatable bonds is 7. The molecule has 1 amide bonds. The first-order valence-electron chi connectivity index (χ1n) is 8.26. The Morgan fingerprint density at radius 1 is 1.22 bits per heavy atom. The number of amides is 1. The third-order valence-electron chi connectivity index (χ3n) is 4.06. The molecular weight excluding hydrogens is 372 g/mol. The summed E-state index contributed by atoms with van der Waals surface area (Å²) in [6.07, 6.45) is 0. The first kappa shape index (κ1) is 19.2. The van der Waals surface area contributed by atoms with Crippen LogP contribution in [0.15, 0.2) is 53.7 Å². The number of halogens is 2. The molecule has 3 rings (SSSR count). The standard InChI is InChI=1S/C19H19F2N3O2S/c1-23(11-13-7-9-14(10-8-13)26-18(20)21)17(25)12-27-19-22-15-5-3-4-6-16(15)24(19)2/h3-10,18H,11-12H2,1-2H3. The smallest absolute Gasteiger partial charge is 0.387 e. The van der Waals surface area contributed by atoms with Gasteiger partial charge in [0.2, 0.25) is 5.91 Å². The monoisotopic (exact) mass is 391 g/mol. The number of fused-ring (bicyclic) bond motifs is 1. The molecule has 0 saturated carbocycles. The van der Waals surface area contributed by atoms with Crippen molar-refractivity contribution in [2.24, 2.45) is 7.05 Å². The molecule has 0 bridgehead atoms. The zero-order valence-corrected chi connectivity index (χ0v) is 15.7. The van der Waals surface area contributed by atoms with E-state index >= 15 is 0 Å². The van der Waals surface area contributed by atoms with E-state index < -0.39 is 6.61 Å². The van der Waals surface area contributed by atoms with E-state index in [0.29, 0.717) is 6.54 Å². The van der Waals surface area contributed by atoms with E-state index in [1.165, 1.54) is 23.9 Å². The zero-order valence-electron chi connectivity index (χ0n) is 14.9. The summed E-state index contributed by atoms with van der Waals surface area (Å²) >= 11 is 1.39. The van der Waals surface area contributed by atoms with Crippen molar-refractivity contribution in [2.45, 2.75) is 18.3 Å². The molecule has 1 heterocycles. The summed E-state index contributed by atoms with van der Waals surface area (Å²) < 4.78 is 30.6. The van der Waals surface area contributed by atoms with Crippen molar-refractivity contribution in [1.29, 1.82) is 0 Å². The van der Waals surface area contributed by atoms with E-state index in [4.69, 9.17) is 0 Å². The van der Waals surface area contributed by atoms with Gasteiger partial charge in [0, 0.05) is 20.6 Å². The highest BCUT2D eigenvalue weighted by atomic mass is 32.2. The number of aryl methyl sites for hydroxylation is 1. The number of hydrogen-bond acceptors (Lipinski definition) is 4. The Labute approximate surface area is 159 Å². The molecular formula is C19H19F2N3O2S. The van der Waals surface area contributed by atoms with Crippen LogP contribution in [0.5, 0.6) is 5.75 Å². The first-order valence-corrected chi connectivity index (χ1v) is 9.24. The summed E-state index contributed by atoms with van der Waals surface area (Å²) in [4.78, 5) is 18.5. The van der Waals surface area contributed by atoms with Crippen LogP contribution in [0.4, 0.5) is 8.78 Å². The van der Waals surface area contributed by atoms with Crippen LogP contribution in [0.3, 0.4) is 0 Å². The Bertz CT molecular complexity index is 928. The van der Waals surface area contributed by atoms with Gasteiger partial charge in [-0.3, -0.25) is 4.79 Å². The molecule has 8 heteroatoms. The number of hydrogen-bond donors (Lipinski definition) is 0. The molecule has 0 aliphatic rings. The fourth-order valence-electron chi connectivity index (χ4n) is 2.63. The summed E-state index contributed by atoms with van der Waals surface area (Å²) in [7, 11) is 3.64. The van der Waals surface area contributed by atoms with Gasteiger partial charge in [0.1, 0.15) is 5.75 Å². The lowest BCUT2D eigenvalue weighted by atomic mass is 10.2. The average molecular weight is 391 g/mol. The average Bonchev–Trinajstić information content (AvgIpc) is 2.97. The van der Waals surface area contributed by atoms with Crippen LogP contribution in [0.1, 0.15) is 5.56 Å². The van der Waals surface area contributed by atoms with Crippen LogP contribution < -0.4 is 4.74 Å². The highest BCUT2D eigenvalue weighted by molar-refractivity contribution is 7.99. The summed E-state index contributed by atoms with van der Waals surface area (Å²) in [5.74, 6) is 0.320. The van der Waals surface area contributed by atoms with Crippen LogP contribution in [0, 0.1) is 0 Å². The molecule has 2 aromatic carbocycles. The number of aromatic nitrogens is 2. The number of imidazole rings is 1. The highest BCUT2D eigenvalue weighted by Crippen LogP contribution is 2.23. The molecule has 1 aromatic heterocycles. The van der Waals surface area contributed by atoms with E-state index in [2.05, 4.69) is 9.72 Å². The predicted molar refractivity (Wildman–Crippen MR) is 101 cm³/mol. The minimum atomic E-state index is -2.85. The van der Waals surface area contributed by atoms with Crippen molar-refractivity contribution >= 4 is 28.7 Å². The van der Waals surface area contributed by atoms with Crippen molar-refractivity contribution in [3.05, 3.63) is 54.1 Å². The molecule has 27 heavy (non-hydrogen) atoms. The quantitative estimate of drug-likeness (QED) is 0.573. The normalized spacial score (nSPS) is 11.1. The SMILES string of the molecule is CN(Cc1ccc(OC(F)F)cc1)C(=O)CSc1nc2ccccc2n1C. The number of carbonyl (C=O) groups excluding carboxylic acids is 1. The second-order valence-electron chi connectivity index (χ2n) is 6.00. The molecule has 3 aromatic rings. The first-order chi connectivity index (χ1) is 12.9. The topological polar surface area (TPSA) is 47.4 Å². The Hall–Kier alpha value is -2.61. The molecule has 0 saturated heterocycles. The second kappa shape index (κ2) is 8.39. The van der Waals surface area contributed by atoms with Gasteiger partial charge in [-0.05, 0) is 29.8 Å². The van der Waals surface area contributed by atoms with Gasteiger partial charge < -0.3 is 14.2 Å². The van der Waals surface area contributed by atoms with E-state index in [9.17, 15) is 13.6 Å². The maximum absolute atomic E-state index is 12.4. The van der Waals surface area contributed by atoms with Gasteiger partial charge in [0.15, 0.2) is 5.16 Å². The zero-order chi connectivity index (χ0) is 19.4. The highest BCUT2D eigenvalue weighted by Gasteiger charge is 2.14. The van der Waals surface area contributed by atoms with Crippen LogP contribution in [-0.4, -0.2) is 39.8 Å². The van der Waals surface area contributed by atoms with Gasteiger partial charge in [-0.2, -0.15) is 8.78 Å². The van der Waals surface area contributed by atoms with Crippen molar-refractivity contribution in [3.63, 3.8) is 0 Å². The molecule has 142 valence electrons. The number of para-hydroxylation sites is 2. The van der Waals surface area contributed by atoms with Crippen LogP contribution in [0.25, 0.3) is 11.0 Å². The van der Waals surface area contributed by atoms with Gasteiger partial charge in [0.05, 0.1) is 16.8 Å². The second-order valence-corrected chi connectivity index (χ2v) is 6.95. The number of nitrogens with zero attached hydrogens (tertiary/aromatic N) is 3. The number of thioether (sulfide) groups is 1. The Balaban J connectivity index is 1.56. The maximum Gasteiger partial charge on any atom is 0.387 e. The Morgan fingerprint density at radius 2 is 1.93 bits per heavy atom. The molecule has 0 unspecified atom stereocenters. The van der Waals surface area contributed by atoms with Gasteiger partial charge in [-0.15, -0.1) is 0 Å². The van der Waals surface area contributed by atoms with Crippen molar-refractivity contribution in [2.75, 3.05) is 12.8 Å². The van der Waals surface area contributed by atoms with Crippen molar-refractivity contribution in [3.8, 4) is 5.75 Å². The van der Waals surface area contributed by atoms with Crippen LogP contribution >= 0.6 is 11.8 Å². The van der Waals surface area contributed by atoms with Gasteiger partial charge >= 0.3 is 6.61 Å². The fraction of sp³-hybridized carbons (Fsp3) is 0.263. The molecule has 0 fully saturated rings.